The van der Waals surface area contributed by atoms with Crippen molar-refractivity contribution < 1.29 is 9.63 Å². The molecule has 1 unspecified atom stereocenters. The van der Waals surface area contributed by atoms with E-state index in [1.807, 2.05) is 6.92 Å². The van der Waals surface area contributed by atoms with E-state index < -0.39 is 5.54 Å². The van der Waals surface area contributed by atoms with Crippen LogP contribution in [0.15, 0.2) is 0 Å². The summed E-state index contributed by atoms with van der Waals surface area (Å²) in [5.74, 6) is -0.276. The van der Waals surface area contributed by atoms with Crippen molar-refractivity contribution >= 4 is 5.91 Å². The fourth-order valence-electron chi connectivity index (χ4n) is 0.415. The summed E-state index contributed by atoms with van der Waals surface area (Å²) in [6, 6.07) is 0. The van der Waals surface area contributed by atoms with Crippen LogP contribution in [-0.4, -0.2) is 18.1 Å². The van der Waals surface area contributed by atoms with E-state index in [1.54, 1.807) is 13.8 Å². The molecule has 0 heterocycles. The highest BCUT2D eigenvalue weighted by atomic mass is 16.6. The molecule has 0 aromatic heterocycles. The maximum atomic E-state index is 11.1. The first kappa shape index (κ1) is 10.4. The Morgan fingerprint density at radius 1 is 1.64 bits per heavy atom. The van der Waals surface area contributed by atoms with Crippen LogP contribution in [0.2, 0.25) is 0 Å². The summed E-state index contributed by atoms with van der Waals surface area (Å²) in [6.45, 7) is 5.76. The molecule has 0 fully saturated rings. The SMILES string of the molecule is CCONC(=O)C(C)(N)CC. The zero-order valence-electron chi connectivity index (χ0n) is 7.31. The molecule has 0 aromatic rings. The molecule has 66 valence electrons. The van der Waals surface area contributed by atoms with Crippen LogP contribution in [0.5, 0.6) is 0 Å². The second kappa shape index (κ2) is 4.31. The number of hydroxylamine groups is 1. The molecule has 1 atom stereocenters. The van der Waals surface area contributed by atoms with E-state index in [4.69, 9.17) is 10.6 Å². The van der Waals surface area contributed by atoms with Gasteiger partial charge in [0.1, 0.15) is 0 Å². The van der Waals surface area contributed by atoms with Crippen LogP contribution in [0.3, 0.4) is 0 Å². The maximum Gasteiger partial charge on any atom is 0.263 e. The Kier molecular flexibility index (Phi) is 4.07. The fraction of sp³-hybridized carbons (Fsp3) is 0.857. The van der Waals surface area contributed by atoms with Crippen molar-refractivity contribution in [3.63, 3.8) is 0 Å². The first-order chi connectivity index (χ1) is 5.04. The van der Waals surface area contributed by atoms with Crippen molar-refractivity contribution in [3.05, 3.63) is 0 Å². The smallest absolute Gasteiger partial charge is 0.263 e. The molecule has 0 radical (unpaired) electrons. The molecule has 0 bridgehead atoms. The predicted molar refractivity (Wildman–Crippen MR) is 42.7 cm³/mol. The van der Waals surface area contributed by atoms with Gasteiger partial charge in [0.05, 0.1) is 12.1 Å². The summed E-state index contributed by atoms with van der Waals surface area (Å²) in [5.41, 5.74) is 7.04. The van der Waals surface area contributed by atoms with Gasteiger partial charge in [-0.1, -0.05) is 6.92 Å². The molecule has 3 N–H and O–H groups in total. The topological polar surface area (TPSA) is 64.3 Å². The van der Waals surface area contributed by atoms with Crippen LogP contribution in [0.25, 0.3) is 0 Å². The minimum atomic E-state index is -0.824. The van der Waals surface area contributed by atoms with Gasteiger partial charge in [0.2, 0.25) is 0 Å². The quantitative estimate of drug-likeness (QED) is 0.577. The van der Waals surface area contributed by atoms with Gasteiger partial charge in [0.15, 0.2) is 0 Å². The summed E-state index contributed by atoms with van der Waals surface area (Å²) < 4.78 is 0. The van der Waals surface area contributed by atoms with Crippen molar-refractivity contribution in [2.24, 2.45) is 5.73 Å². The monoisotopic (exact) mass is 160 g/mol. The summed E-state index contributed by atoms with van der Waals surface area (Å²) in [6.07, 6.45) is 0.589. The first-order valence-electron chi connectivity index (χ1n) is 3.75. The third kappa shape index (κ3) is 3.34. The lowest BCUT2D eigenvalue weighted by atomic mass is 10.0. The predicted octanol–water partition coefficient (Wildman–Crippen LogP) is 0.181. The zero-order chi connectivity index (χ0) is 8.91. The van der Waals surface area contributed by atoms with Gasteiger partial charge in [-0.3, -0.25) is 9.63 Å². The number of rotatable bonds is 4. The number of amides is 1. The molecule has 0 rings (SSSR count). The Bertz CT molecular complexity index is 134. The lowest BCUT2D eigenvalue weighted by Crippen LogP contribution is -2.51. The lowest BCUT2D eigenvalue weighted by Gasteiger charge is -2.20. The van der Waals surface area contributed by atoms with Gasteiger partial charge in [0, 0.05) is 0 Å². The molecular formula is C7H16N2O2. The molecule has 11 heavy (non-hydrogen) atoms. The van der Waals surface area contributed by atoms with Gasteiger partial charge in [-0.25, -0.2) is 5.48 Å². The van der Waals surface area contributed by atoms with E-state index in [2.05, 4.69) is 5.48 Å². The average Bonchev–Trinajstić information content (AvgIpc) is 2.00. The molecule has 0 aliphatic rings. The number of nitrogens with two attached hydrogens (primary N) is 1. The number of carbonyl (C=O) groups is 1. The van der Waals surface area contributed by atoms with Gasteiger partial charge in [-0.05, 0) is 20.3 Å². The van der Waals surface area contributed by atoms with Crippen molar-refractivity contribution in [1.82, 2.24) is 5.48 Å². The maximum absolute atomic E-state index is 11.1. The third-order valence-electron chi connectivity index (χ3n) is 1.56. The van der Waals surface area contributed by atoms with Crippen LogP contribution >= 0.6 is 0 Å². The van der Waals surface area contributed by atoms with Crippen LogP contribution in [-0.2, 0) is 9.63 Å². The van der Waals surface area contributed by atoms with Crippen LogP contribution < -0.4 is 11.2 Å². The number of carbonyl (C=O) groups excluding carboxylic acids is 1. The second-order valence-electron chi connectivity index (χ2n) is 2.64. The summed E-state index contributed by atoms with van der Waals surface area (Å²) in [4.78, 5) is 15.8. The van der Waals surface area contributed by atoms with Gasteiger partial charge in [-0.15, -0.1) is 0 Å². The van der Waals surface area contributed by atoms with Crippen molar-refractivity contribution in [3.8, 4) is 0 Å². The Morgan fingerprint density at radius 3 is 2.55 bits per heavy atom. The highest BCUT2D eigenvalue weighted by Gasteiger charge is 2.25. The summed E-state index contributed by atoms with van der Waals surface area (Å²) in [7, 11) is 0. The van der Waals surface area contributed by atoms with Gasteiger partial charge < -0.3 is 5.73 Å². The molecule has 0 saturated carbocycles. The van der Waals surface area contributed by atoms with Crippen LogP contribution in [0, 0.1) is 0 Å². The first-order valence-corrected chi connectivity index (χ1v) is 3.75. The molecule has 4 heteroatoms. The summed E-state index contributed by atoms with van der Waals surface area (Å²) in [5, 5.41) is 0. The van der Waals surface area contributed by atoms with E-state index in [1.165, 1.54) is 0 Å². The molecular weight excluding hydrogens is 144 g/mol. The second-order valence-corrected chi connectivity index (χ2v) is 2.64. The molecule has 0 saturated heterocycles. The highest BCUT2D eigenvalue weighted by molar-refractivity contribution is 5.84. The third-order valence-corrected chi connectivity index (χ3v) is 1.56. The Hall–Kier alpha value is -0.610. The van der Waals surface area contributed by atoms with E-state index in [0.717, 1.165) is 0 Å². The van der Waals surface area contributed by atoms with E-state index in [0.29, 0.717) is 13.0 Å². The number of hydrogen-bond donors (Lipinski definition) is 2. The average molecular weight is 160 g/mol. The Labute approximate surface area is 67.0 Å². The van der Waals surface area contributed by atoms with Crippen molar-refractivity contribution in [2.75, 3.05) is 6.61 Å². The molecule has 0 spiro atoms. The van der Waals surface area contributed by atoms with E-state index in [9.17, 15) is 4.79 Å². The van der Waals surface area contributed by atoms with Gasteiger partial charge >= 0.3 is 0 Å². The zero-order valence-corrected chi connectivity index (χ0v) is 7.31. The van der Waals surface area contributed by atoms with Crippen molar-refractivity contribution in [2.45, 2.75) is 32.7 Å². The molecule has 0 aliphatic heterocycles. The normalized spacial score (nSPS) is 15.6. The van der Waals surface area contributed by atoms with E-state index in [-0.39, 0.29) is 5.91 Å². The molecule has 1 amide bonds. The number of hydrogen-bond acceptors (Lipinski definition) is 3. The largest absolute Gasteiger partial charge is 0.318 e. The Morgan fingerprint density at radius 2 is 2.18 bits per heavy atom. The van der Waals surface area contributed by atoms with E-state index >= 15 is 0 Å². The Balaban J connectivity index is 3.82. The minimum Gasteiger partial charge on any atom is -0.318 e. The van der Waals surface area contributed by atoms with Gasteiger partial charge in [0.25, 0.3) is 5.91 Å². The lowest BCUT2D eigenvalue weighted by molar-refractivity contribution is -0.138. The van der Waals surface area contributed by atoms with Gasteiger partial charge in [-0.2, -0.15) is 0 Å². The number of nitrogens with one attached hydrogen (secondary N) is 1. The van der Waals surface area contributed by atoms with Crippen LogP contribution in [0.4, 0.5) is 0 Å². The molecule has 0 aromatic carbocycles. The molecule has 4 nitrogen and oxygen atoms in total. The fourth-order valence-corrected chi connectivity index (χ4v) is 0.415. The standard InChI is InChI=1S/C7H16N2O2/c1-4-7(3,8)6(10)9-11-5-2/h4-5,8H2,1-3H3,(H,9,10). The minimum absolute atomic E-state index is 0.276. The molecule has 0 aliphatic carbocycles. The highest BCUT2D eigenvalue weighted by Crippen LogP contribution is 2.03. The van der Waals surface area contributed by atoms with Crippen molar-refractivity contribution in [1.29, 1.82) is 0 Å². The van der Waals surface area contributed by atoms with Crippen LogP contribution in [0.1, 0.15) is 27.2 Å². The summed E-state index contributed by atoms with van der Waals surface area (Å²) >= 11 is 0.